The highest BCUT2D eigenvalue weighted by atomic mass is 35.5. The van der Waals surface area contributed by atoms with E-state index in [1.165, 1.54) is 6.08 Å². The van der Waals surface area contributed by atoms with Gasteiger partial charge in [0.15, 0.2) is 0 Å². The first-order chi connectivity index (χ1) is 15.8. The first-order valence-electron chi connectivity index (χ1n) is 10.1. The van der Waals surface area contributed by atoms with Gasteiger partial charge in [0.1, 0.15) is 29.7 Å². The third kappa shape index (κ3) is 6.29. The number of halogens is 2. The molecule has 33 heavy (non-hydrogen) atoms. The Bertz CT molecular complexity index is 1260. The summed E-state index contributed by atoms with van der Waals surface area (Å²) in [4.78, 5) is 12.7. The number of carbonyl (C=O) groups is 1. The Morgan fingerprint density at radius 3 is 2.52 bits per heavy atom. The van der Waals surface area contributed by atoms with Gasteiger partial charge in [-0.2, -0.15) is 5.26 Å². The average Bonchev–Trinajstić information content (AvgIpc) is 2.79. The third-order valence-corrected chi connectivity index (χ3v) is 5.64. The van der Waals surface area contributed by atoms with Crippen molar-refractivity contribution in [1.29, 1.82) is 5.26 Å². The van der Waals surface area contributed by atoms with Crippen LogP contribution in [0.2, 0.25) is 10.0 Å². The van der Waals surface area contributed by atoms with Crippen molar-refractivity contribution in [2.24, 2.45) is 0 Å². The van der Waals surface area contributed by atoms with E-state index in [1.807, 2.05) is 32.0 Å². The van der Waals surface area contributed by atoms with Crippen molar-refractivity contribution in [2.75, 3.05) is 12.4 Å². The number of methoxy groups -OCH3 is 1. The number of rotatable bonds is 7. The summed E-state index contributed by atoms with van der Waals surface area (Å²) < 4.78 is 11.3. The van der Waals surface area contributed by atoms with Crippen LogP contribution in [0.25, 0.3) is 6.08 Å². The molecule has 0 aliphatic heterocycles. The molecule has 1 amide bonds. The van der Waals surface area contributed by atoms with Crippen molar-refractivity contribution in [3.05, 3.63) is 92.5 Å². The Hall–Kier alpha value is -3.46. The van der Waals surface area contributed by atoms with Gasteiger partial charge in [-0.05, 0) is 67.4 Å². The fraction of sp³-hybridized carbons (Fsp3) is 0.154. The minimum atomic E-state index is -0.511. The fourth-order valence-electron chi connectivity index (χ4n) is 3.00. The molecule has 3 aromatic carbocycles. The monoisotopic (exact) mass is 480 g/mol. The van der Waals surface area contributed by atoms with Gasteiger partial charge >= 0.3 is 0 Å². The van der Waals surface area contributed by atoms with Crippen molar-refractivity contribution in [2.45, 2.75) is 20.5 Å². The summed E-state index contributed by atoms with van der Waals surface area (Å²) in [6.07, 6.45) is 1.48. The second-order valence-electron chi connectivity index (χ2n) is 7.35. The average molecular weight is 481 g/mol. The molecule has 3 rings (SSSR count). The van der Waals surface area contributed by atoms with Gasteiger partial charge in [0.25, 0.3) is 5.91 Å². The van der Waals surface area contributed by atoms with Crippen molar-refractivity contribution >= 4 is 40.9 Å². The van der Waals surface area contributed by atoms with Gasteiger partial charge in [-0.3, -0.25) is 4.79 Å². The topological polar surface area (TPSA) is 71.3 Å². The van der Waals surface area contributed by atoms with Gasteiger partial charge in [0.2, 0.25) is 0 Å². The number of carbonyl (C=O) groups excluding carboxylic acids is 1. The minimum absolute atomic E-state index is 0.0622. The van der Waals surface area contributed by atoms with E-state index in [1.54, 1.807) is 49.6 Å². The SMILES string of the molecule is COc1ccc(/C=C(\C#N)C(=O)Nc2ccc(C)c(C)c2)c(OCc2ccc(Cl)cc2Cl)c1. The second-order valence-corrected chi connectivity index (χ2v) is 8.19. The van der Waals surface area contributed by atoms with E-state index in [0.29, 0.717) is 32.8 Å². The molecule has 0 aliphatic rings. The van der Waals surface area contributed by atoms with Gasteiger partial charge < -0.3 is 14.8 Å². The Labute approximate surface area is 203 Å². The first kappa shape index (κ1) is 24.2. The van der Waals surface area contributed by atoms with Crippen LogP contribution in [0, 0.1) is 25.2 Å². The molecule has 1 N–H and O–H groups in total. The maximum atomic E-state index is 12.7. The highest BCUT2D eigenvalue weighted by molar-refractivity contribution is 6.35. The molecule has 0 saturated heterocycles. The van der Waals surface area contributed by atoms with Gasteiger partial charge in [-0.15, -0.1) is 0 Å². The number of ether oxygens (including phenoxy) is 2. The van der Waals surface area contributed by atoms with Crippen LogP contribution in [0.5, 0.6) is 11.5 Å². The molecule has 0 heterocycles. The van der Waals surface area contributed by atoms with E-state index < -0.39 is 5.91 Å². The van der Waals surface area contributed by atoms with Crippen LogP contribution in [0.1, 0.15) is 22.3 Å². The third-order valence-electron chi connectivity index (χ3n) is 5.05. The van der Waals surface area contributed by atoms with Crippen molar-refractivity contribution in [3.63, 3.8) is 0 Å². The summed E-state index contributed by atoms with van der Waals surface area (Å²) in [6, 6.07) is 17.8. The van der Waals surface area contributed by atoms with Crippen molar-refractivity contribution in [3.8, 4) is 17.6 Å². The van der Waals surface area contributed by atoms with E-state index in [0.717, 1.165) is 16.7 Å². The molecular formula is C26H22Cl2N2O3. The molecule has 0 unspecified atom stereocenters. The zero-order chi connectivity index (χ0) is 24.0. The van der Waals surface area contributed by atoms with Crippen LogP contribution in [0.4, 0.5) is 5.69 Å². The van der Waals surface area contributed by atoms with Crippen LogP contribution in [0.15, 0.2) is 60.2 Å². The second kappa shape index (κ2) is 10.9. The largest absolute Gasteiger partial charge is 0.497 e. The lowest BCUT2D eigenvalue weighted by Crippen LogP contribution is -2.13. The lowest BCUT2D eigenvalue weighted by Gasteiger charge is -2.13. The molecule has 0 radical (unpaired) electrons. The maximum absolute atomic E-state index is 12.7. The molecule has 3 aromatic rings. The molecule has 0 spiro atoms. The van der Waals surface area contributed by atoms with E-state index >= 15 is 0 Å². The molecule has 0 atom stereocenters. The number of hydrogen-bond acceptors (Lipinski definition) is 4. The number of aryl methyl sites for hydroxylation is 2. The number of hydrogen-bond donors (Lipinski definition) is 1. The van der Waals surface area contributed by atoms with Crippen molar-refractivity contribution < 1.29 is 14.3 Å². The van der Waals surface area contributed by atoms with Crippen LogP contribution in [-0.2, 0) is 11.4 Å². The fourth-order valence-corrected chi connectivity index (χ4v) is 3.46. The van der Waals surface area contributed by atoms with Gasteiger partial charge in [-0.25, -0.2) is 0 Å². The summed E-state index contributed by atoms with van der Waals surface area (Å²) in [5.74, 6) is 0.498. The highest BCUT2D eigenvalue weighted by Crippen LogP contribution is 2.29. The molecule has 0 aliphatic carbocycles. The number of nitrogens with one attached hydrogen (secondary N) is 1. The smallest absolute Gasteiger partial charge is 0.266 e. The van der Waals surface area contributed by atoms with Crippen LogP contribution in [-0.4, -0.2) is 13.0 Å². The number of nitrogens with zero attached hydrogens (tertiary/aromatic N) is 1. The normalized spacial score (nSPS) is 11.0. The summed E-state index contributed by atoms with van der Waals surface area (Å²) in [5.41, 5.74) is 4.01. The maximum Gasteiger partial charge on any atom is 0.266 e. The molecule has 0 bridgehead atoms. The number of amides is 1. The van der Waals surface area contributed by atoms with Crippen LogP contribution >= 0.6 is 23.2 Å². The van der Waals surface area contributed by atoms with E-state index in [4.69, 9.17) is 32.7 Å². The molecule has 5 nitrogen and oxygen atoms in total. The predicted octanol–water partition coefficient (Wildman–Crippen LogP) is 6.74. The lowest BCUT2D eigenvalue weighted by molar-refractivity contribution is -0.112. The Kier molecular flexibility index (Phi) is 8.00. The quantitative estimate of drug-likeness (QED) is 0.300. The molecular weight excluding hydrogens is 459 g/mol. The van der Waals surface area contributed by atoms with E-state index in [2.05, 4.69) is 5.32 Å². The van der Waals surface area contributed by atoms with Gasteiger partial charge in [-0.1, -0.05) is 35.3 Å². The highest BCUT2D eigenvalue weighted by Gasteiger charge is 2.13. The standard InChI is InChI=1S/C26H22Cl2N2O3/c1-16-4-8-22(10-17(16)2)30-26(31)20(14-29)11-18-6-9-23(32-3)13-25(18)33-15-19-5-7-21(27)12-24(19)28/h4-13H,15H2,1-3H3,(H,30,31)/b20-11+. The minimum Gasteiger partial charge on any atom is -0.497 e. The zero-order valence-electron chi connectivity index (χ0n) is 18.4. The van der Waals surface area contributed by atoms with Crippen LogP contribution < -0.4 is 14.8 Å². The number of benzene rings is 3. The first-order valence-corrected chi connectivity index (χ1v) is 10.8. The summed E-state index contributed by atoms with van der Waals surface area (Å²) in [5, 5.41) is 13.4. The van der Waals surface area contributed by atoms with E-state index in [9.17, 15) is 10.1 Å². The Morgan fingerprint density at radius 2 is 1.85 bits per heavy atom. The van der Waals surface area contributed by atoms with Gasteiger partial charge in [0.05, 0.1) is 7.11 Å². The molecule has 168 valence electrons. The molecule has 0 saturated carbocycles. The predicted molar refractivity (Wildman–Crippen MR) is 132 cm³/mol. The summed E-state index contributed by atoms with van der Waals surface area (Å²) in [6.45, 7) is 4.12. The zero-order valence-corrected chi connectivity index (χ0v) is 19.9. The number of nitriles is 1. The van der Waals surface area contributed by atoms with Crippen molar-refractivity contribution in [1.82, 2.24) is 0 Å². The molecule has 0 fully saturated rings. The summed E-state index contributed by atoms with van der Waals surface area (Å²) >= 11 is 12.2. The van der Waals surface area contributed by atoms with Gasteiger partial charge in [0, 0.05) is 32.9 Å². The lowest BCUT2D eigenvalue weighted by atomic mass is 10.1. The Balaban J connectivity index is 1.87. The Morgan fingerprint density at radius 1 is 1.06 bits per heavy atom. The van der Waals surface area contributed by atoms with Crippen LogP contribution in [0.3, 0.4) is 0 Å². The van der Waals surface area contributed by atoms with E-state index in [-0.39, 0.29) is 12.2 Å². The molecule has 0 aromatic heterocycles. The number of anilines is 1. The summed E-state index contributed by atoms with van der Waals surface area (Å²) in [7, 11) is 1.54. The molecule has 7 heteroatoms.